The number of carbonyl (C=O) groups excluding carboxylic acids is 1. The van der Waals surface area contributed by atoms with Gasteiger partial charge in [0, 0.05) is 5.92 Å². The minimum Gasteiger partial charge on any atom is -0.496 e. The van der Waals surface area contributed by atoms with Gasteiger partial charge in [0.25, 0.3) is 5.69 Å². The SMILES string of the molecule is COc1ccc(NC(=S)NC(=O)C2CCCCC2)c([N+](=O)[O-])c1. The highest BCUT2D eigenvalue weighted by Crippen LogP contribution is 2.29. The lowest BCUT2D eigenvalue weighted by molar-refractivity contribution is -0.384. The van der Waals surface area contributed by atoms with E-state index < -0.39 is 4.92 Å². The van der Waals surface area contributed by atoms with E-state index in [1.54, 1.807) is 6.07 Å². The molecule has 1 saturated carbocycles. The molecule has 8 heteroatoms. The number of hydrogen-bond donors (Lipinski definition) is 2. The molecule has 0 bridgehead atoms. The Morgan fingerprint density at radius 1 is 1.35 bits per heavy atom. The minimum absolute atomic E-state index is 0.0330. The summed E-state index contributed by atoms with van der Waals surface area (Å²) in [5.41, 5.74) is 0.0448. The summed E-state index contributed by atoms with van der Waals surface area (Å²) in [6.07, 6.45) is 4.96. The number of rotatable bonds is 4. The molecule has 1 amide bonds. The molecule has 1 aromatic rings. The van der Waals surface area contributed by atoms with Gasteiger partial charge in [-0.05, 0) is 37.2 Å². The number of anilines is 1. The first-order valence-corrected chi connectivity index (χ1v) is 7.86. The number of benzene rings is 1. The molecule has 1 aliphatic carbocycles. The summed E-state index contributed by atoms with van der Waals surface area (Å²) in [4.78, 5) is 22.7. The lowest BCUT2D eigenvalue weighted by Crippen LogP contribution is -2.39. The fourth-order valence-corrected chi connectivity index (χ4v) is 2.84. The summed E-state index contributed by atoms with van der Waals surface area (Å²) >= 11 is 5.09. The third kappa shape index (κ3) is 4.62. The fraction of sp³-hybridized carbons (Fsp3) is 0.467. The summed E-state index contributed by atoms with van der Waals surface area (Å²) < 4.78 is 4.97. The van der Waals surface area contributed by atoms with E-state index >= 15 is 0 Å². The van der Waals surface area contributed by atoms with Crippen molar-refractivity contribution in [3.8, 4) is 5.75 Å². The number of nitro benzene ring substituents is 1. The molecular weight excluding hydrogens is 318 g/mol. The minimum atomic E-state index is -0.531. The molecule has 2 N–H and O–H groups in total. The lowest BCUT2D eigenvalue weighted by atomic mass is 9.89. The summed E-state index contributed by atoms with van der Waals surface area (Å²) in [6.45, 7) is 0. The summed E-state index contributed by atoms with van der Waals surface area (Å²) in [7, 11) is 1.43. The molecular formula is C15H19N3O4S. The van der Waals surface area contributed by atoms with E-state index in [0.717, 1.165) is 32.1 Å². The van der Waals surface area contributed by atoms with Crippen molar-refractivity contribution < 1.29 is 14.5 Å². The number of nitro groups is 1. The van der Waals surface area contributed by atoms with E-state index in [4.69, 9.17) is 17.0 Å². The van der Waals surface area contributed by atoms with E-state index in [1.807, 2.05) is 0 Å². The first kappa shape index (κ1) is 17.1. The van der Waals surface area contributed by atoms with Gasteiger partial charge in [-0.1, -0.05) is 19.3 Å². The fourth-order valence-electron chi connectivity index (χ4n) is 2.63. The number of methoxy groups -OCH3 is 1. The topological polar surface area (TPSA) is 93.5 Å². The van der Waals surface area contributed by atoms with Gasteiger partial charge in [-0.15, -0.1) is 0 Å². The number of nitrogens with one attached hydrogen (secondary N) is 2. The van der Waals surface area contributed by atoms with Crippen LogP contribution < -0.4 is 15.4 Å². The molecule has 0 aromatic heterocycles. The Morgan fingerprint density at radius 2 is 2.04 bits per heavy atom. The zero-order chi connectivity index (χ0) is 16.8. The predicted octanol–water partition coefficient (Wildman–Crippen LogP) is 3.00. The second-order valence-corrected chi connectivity index (χ2v) is 5.83. The highest BCUT2D eigenvalue weighted by Gasteiger charge is 2.22. The Labute approximate surface area is 139 Å². The Balaban J connectivity index is 2.02. The molecule has 2 rings (SSSR count). The smallest absolute Gasteiger partial charge is 0.296 e. The van der Waals surface area contributed by atoms with Crippen molar-refractivity contribution in [1.29, 1.82) is 0 Å². The van der Waals surface area contributed by atoms with Crippen LogP contribution in [0.25, 0.3) is 0 Å². The maximum atomic E-state index is 12.1. The first-order valence-electron chi connectivity index (χ1n) is 7.45. The van der Waals surface area contributed by atoms with Crippen molar-refractivity contribution in [2.75, 3.05) is 12.4 Å². The average molecular weight is 337 g/mol. The molecule has 0 spiro atoms. The molecule has 0 unspecified atom stereocenters. The molecule has 7 nitrogen and oxygen atoms in total. The number of carbonyl (C=O) groups is 1. The van der Waals surface area contributed by atoms with Crippen molar-refractivity contribution in [2.45, 2.75) is 32.1 Å². The molecule has 124 valence electrons. The predicted molar refractivity (Wildman–Crippen MR) is 90.6 cm³/mol. The van der Waals surface area contributed by atoms with Gasteiger partial charge >= 0.3 is 0 Å². The molecule has 1 aromatic carbocycles. The molecule has 23 heavy (non-hydrogen) atoms. The maximum absolute atomic E-state index is 12.1. The molecule has 0 radical (unpaired) electrons. The van der Waals surface area contributed by atoms with Crippen LogP contribution in [-0.2, 0) is 4.79 Å². The van der Waals surface area contributed by atoms with Gasteiger partial charge in [0.1, 0.15) is 11.4 Å². The third-order valence-electron chi connectivity index (χ3n) is 3.86. The second-order valence-electron chi connectivity index (χ2n) is 5.42. The summed E-state index contributed by atoms with van der Waals surface area (Å²) in [5, 5.41) is 16.5. The van der Waals surface area contributed by atoms with Crippen LogP contribution in [0.3, 0.4) is 0 Å². The zero-order valence-electron chi connectivity index (χ0n) is 12.8. The Kier molecular flexibility index (Phi) is 5.86. The third-order valence-corrected chi connectivity index (χ3v) is 4.07. The Bertz CT molecular complexity index is 615. The van der Waals surface area contributed by atoms with Gasteiger partial charge in [-0.3, -0.25) is 14.9 Å². The van der Waals surface area contributed by atoms with Crippen LogP contribution >= 0.6 is 12.2 Å². The van der Waals surface area contributed by atoms with Crippen LogP contribution in [0.1, 0.15) is 32.1 Å². The summed E-state index contributed by atoms with van der Waals surface area (Å²) in [6, 6.07) is 4.38. The first-order chi connectivity index (χ1) is 11.0. The van der Waals surface area contributed by atoms with Crippen LogP contribution in [0.5, 0.6) is 5.75 Å². The van der Waals surface area contributed by atoms with Gasteiger partial charge in [-0.2, -0.15) is 0 Å². The van der Waals surface area contributed by atoms with E-state index in [9.17, 15) is 14.9 Å². The number of thiocarbonyl (C=S) groups is 1. The van der Waals surface area contributed by atoms with Gasteiger partial charge in [0.05, 0.1) is 18.1 Å². The number of amides is 1. The van der Waals surface area contributed by atoms with Crippen LogP contribution in [0.2, 0.25) is 0 Å². The highest BCUT2D eigenvalue weighted by molar-refractivity contribution is 7.80. The molecule has 0 saturated heterocycles. The normalized spacial score (nSPS) is 14.8. The van der Waals surface area contributed by atoms with E-state index in [0.29, 0.717) is 5.75 Å². The molecule has 1 aliphatic rings. The van der Waals surface area contributed by atoms with Crippen molar-refractivity contribution in [2.24, 2.45) is 5.92 Å². The van der Waals surface area contributed by atoms with Crippen molar-refractivity contribution in [1.82, 2.24) is 5.32 Å². The Hall–Kier alpha value is -2.22. The maximum Gasteiger partial charge on any atom is 0.296 e. The molecule has 0 aliphatic heterocycles. The van der Waals surface area contributed by atoms with Gasteiger partial charge in [0.15, 0.2) is 5.11 Å². The van der Waals surface area contributed by atoms with Crippen molar-refractivity contribution in [3.05, 3.63) is 28.3 Å². The second kappa shape index (κ2) is 7.87. The largest absolute Gasteiger partial charge is 0.496 e. The number of nitrogens with zero attached hydrogens (tertiary/aromatic N) is 1. The number of hydrogen-bond acceptors (Lipinski definition) is 5. The van der Waals surface area contributed by atoms with Gasteiger partial charge in [0.2, 0.25) is 5.91 Å². The van der Waals surface area contributed by atoms with E-state index in [-0.39, 0.29) is 28.3 Å². The standard InChI is InChI=1S/C15H19N3O4S/c1-22-11-7-8-12(13(9-11)18(20)21)16-15(23)17-14(19)10-5-3-2-4-6-10/h7-10H,2-6H2,1H3,(H2,16,17,19,23). The van der Waals surface area contributed by atoms with Crippen LogP contribution in [-0.4, -0.2) is 23.1 Å². The van der Waals surface area contributed by atoms with Crippen LogP contribution in [0.4, 0.5) is 11.4 Å². The molecule has 0 atom stereocenters. The number of ether oxygens (including phenoxy) is 1. The monoisotopic (exact) mass is 337 g/mol. The summed E-state index contributed by atoms with van der Waals surface area (Å²) in [5.74, 6) is 0.215. The zero-order valence-corrected chi connectivity index (χ0v) is 13.6. The van der Waals surface area contributed by atoms with Crippen LogP contribution in [0.15, 0.2) is 18.2 Å². The van der Waals surface area contributed by atoms with Gasteiger partial charge in [-0.25, -0.2) is 0 Å². The quantitative estimate of drug-likeness (QED) is 0.498. The lowest BCUT2D eigenvalue weighted by Gasteiger charge is -2.21. The van der Waals surface area contributed by atoms with Crippen molar-refractivity contribution in [3.63, 3.8) is 0 Å². The Morgan fingerprint density at radius 3 is 2.65 bits per heavy atom. The van der Waals surface area contributed by atoms with E-state index in [2.05, 4.69) is 10.6 Å². The van der Waals surface area contributed by atoms with Gasteiger partial charge < -0.3 is 15.4 Å². The van der Waals surface area contributed by atoms with Crippen molar-refractivity contribution >= 4 is 34.6 Å². The average Bonchev–Trinajstić information content (AvgIpc) is 2.55. The highest BCUT2D eigenvalue weighted by atomic mass is 32.1. The molecule has 1 fully saturated rings. The molecule has 0 heterocycles. The van der Waals surface area contributed by atoms with E-state index in [1.165, 1.54) is 19.2 Å². The van der Waals surface area contributed by atoms with Crippen LogP contribution in [0, 0.1) is 16.0 Å².